The maximum atomic E-state index is 13.2. The fourth-order valence-electron chi connectivity index (χ4n) is 2.71. The topological polar surface area (TPSA) is 65.1 Å². The summed E-state index contributed by atoms with van der Waals surface area (Å²) in [6.07, 6.45) is -4.71. The van der Waals surface area contributed by atoms with Gasteiger partial charge in [0, 0.05) is 23.8 Å². The van der Waals surface area contributed by atoms with Crippen LogP contribution in [0.15, 0.2) is 71.5 Å². The number of nitro groups is 1. The zero-order valence-corrected chi connectivity index (χ0v) is 13.8. The van der Waals surface area contributed by atoms with Gasteiger partial charge in [0.25, 0.3) is 11.2 Å². The van der Waals surface area contributed by atoms with E-state index in [9.17, 15) is 28.1 Å². The number of halogens is 3. The molecule has 0 aliphatic heterocycles. The predicted molar refractivity (Wildman–Crippen MR) is 93.3 cm³/mol. The number of nitro benzene ring substituents is 1. The van der Waals surface area contributed by atoms with E-state index in [2.05, 4.69) is 0 Å². The predicted octanol–water partition coefficient (Wildman–Crippen LogP) is 4.49. The summed E-state index contributed by atoms with van der Waals surface area (Å²) in [6.45, 7) is 0.0375. The van der Waals surface area contributed by atoms with Crippen molar-refractivity contribution in [2.75, 3.05) is 0 Å². The highest BCUT2D eigenvalue weighted by Crippen LogP contribution is 2.32. The number of alkyl halides is 3. The van der Waals surface area contributed by atoms with Crippen LogP contribution >= 0.6 is 0 Å². The highest BCUT2D eigenvalue weighted by Gasteiger charge is 2.32. The highest BCUT2D eigenvalue weighted by atomic mass is 19.4. The van der Waals surface area contributed by atoms with Crippen LogP contribution in [-0.2, 0) is 12.7 Å². The number of pyridine rings is 1. The van der Waals surface area contributed by atoms with E-state index in [0.717, 1.165) is 12.1 Å². The summed E-state index contributed by atoms with van der Waals surface area (Å²) in [5.41, 5.74) is -1.38. The zero-order valence-electron chi connectivity index (χ0n) is 13.8. The molecule has 8 heteroatoms. The summed E-state index contributed by atoms with van der Waals surface area (Å²) in [5.74, 6) is 0. The molecule has 0 spiro atoms. The van der Waals surface area contributed by atoms with Gasteiger partial charge in [0.2, 0.25) is 0 Å². The van der Waals surface area contributed by atoms with Gasteiger partial charge in [0.1, 0.15) is 0 Å². The maximum Gasteiger partial charge on any atom is 0.416 e. The van der Waals surface area contributed by atoms with Crippen molar-refractivity contribution in [1.29, 1.82) is 0 Å². The van der Waals surface area contributed by atoms with Gasteiger partial charge in [-0.3, -0.25) is 14.9 Å². The molecule has 0 bridgehead atoms. The molecule has 3 aromatic rings. The van der Waals surface area contributed by atoms with Crippen molar-refractivity contribution in [1.82, 2.24) is 4.57 Å². The first kappa shape index (κ1) is 18.4. The van der Waals surface area contributed by atoms with Crippen molar-refractivity contribution in [2.45, 2.75) is 12.7 Å². The quantitative estimate of drug-likeness (QED) is 0.499. The Morgan fingerprint density at radius 2 is 1.67 bits per heavy atom. The molecule has 0 saturated heterocycles. The molecule has 0 fully saturated rings. The molecule has 0 N–H and O–H groups in total. The van der Waals surface area contributed by atoms with E-state index < -0.39 is 22.2 Å². The summed E-state index contributed by atoms with van der Waals surface area (Å²) < 4.78 is 40.7. The number of non-ortho nitro benzene ring substituents is 1. The standard InChI is InChI=1S/C19H13F3N2O3/c20-19(21,22)15-10-17(14-7-4-8-16(9-14)24(26)27)23(18(25)11-15)12-13-5-2-1-3-6-13/h1-11H,12H2. The number of benzene rings is 2. The number of hydrogen-bond acceptors (Lipinski definition) is 3. The SMILES string of the molecule is O=c1cc(C(F)(F)F)cc(-c2cccc([N+](=O)[O-])c2)n1Cc1ccccc1. The molecule has 0 aliphatic carbocycles. The van der Waals surface area contributed by atoms with Gasteiger partial charge in [0.15, 0.2) is 0 Å². The van der Waals surface area contributed by atoms with Crippen LogP contribution in [0.4, 0.5) is 18.9 Å². The molecule has 0 aliphatic rings. The van der Waals surface area contributed by atoms with Crippen LogP contribution < -0.4 is 5.56 Å². The normalized spacial score (nSPS) is 11.4. The van der Waals surface area contributed by atoms with Gasteiger partial charge in [-0.05, 0) is 11.6 Å². The van der Waals surface area contributed by atoms with E-state index in [4.69, 9.17) is 0 Å². The Morgan fingerprint density at radius 1 is 0.963 bits per heavy atom. The fraction of sp³-hybridized carbons (Fsp3) is 0.105. The second kappa shape index (κ2) is 7.06. The van der Waals surface area contributed by atoms with Gasteiger partial charge in [-0.1, -0.05) is 42.5 Å². The summed E-state index contributed by atoms with van der Waals surface area (Å²) >= 11 is 0. The zero-order chi connectivity index (χ0) is 19.6. The lowest BCUT2D eigenvalue weighted by Crippen LogP contribution is -2.24. The lowest BCUT2D eigenvalue weighted by molar-refractivity contribution is -0.384. The number of nitrogens with zero attached hydrogens (tertiary/aromatic N) is 2. The van der Waals surface area contributed by atoms with E-state index in [1.165, 1.54) is 22.8 Å². The Labute approximate surface area is 151 Å². The summed E-state index contributed by atoms with van der Waals surface area (Å²) in [7, 11) is 0. The Morgan fingerprint density at radius 3 is 2.30 bits per heavy atom. The Kier molecular flexibility index (Phi) is 4.81. The molecule has 0 atom stereocenters. The average Bonchev–Trinajstić information content (AvgIpc) is 2.63. The fourth-order valence-corrected chi connectivity index (χ4v) is 2.71. The lowest BCUT2D eigenvalue weighted by Gasteiger charge is -2.16. The average molecular weight is 374 g/mol. The molecule has 0 unspecified atom stereocenters. The molecule has 0 saturated carbocycles. The molecule has 3 rings (SSSR count). The van der Waals surface area contributed by atoms with Gasteiger partial charge in [-0.15, -0.1) is 0 Å². The molecule has 0 amide bonds. The third-order valence-corrected chi connectivity index (χ3v) is 3.99. The molecule has 2 aromatic carbocycles. The molecule has 138 valence electrons. The van der Waals surface area contributed by atoms with Crippen molar-refractivity contribution in [3.8, 4) is 11.3 Å². The minimum Gasteiger partial charge on any atom is -0.304 e. The largest absolute Gasteiger partial charge is 0.416 e. The molecule has 5 nitrogen and oxygen atoms in total. The molecule has 1 heterocycles. The summed E-state index contributed by atoms with van der Waals surface area (Å²) in [5, 5.41) is 11.0. The number of rotatable bonds is 4. The number of aromatic nitrogens is 1. The van der Waals surface area contributed by atoms with E-state index in [1.54, 1.807) is 30.3 Å². The van der Waals surface area contributed by atoms with Gasteiger partial charge >= 0.3 is 6.18 Å². The number of hydrogen-bond donors (Lipinski definition) is 0. The van der Waals surface area contributed by atoms with Crippen LogP contribution in [0.5, 0.6) is 0 Å². The van der Waals surface area contributed by atoms with Crippen LogP contribution in [0, 0.1) is 10.1 Å². The van der Waals surface area contributed by atoms with E-state index in [-0.39, 0.29) is 23.5 Å². The van der Waals surface area contributed by atoms with Crippen molar-refractivity contribution < 1.29 is 18.1 Å². The molecule has 1 aromatic heterocycles. The van der Waals surface area contributed by atoms with E-state index >= 15 is 0 Å². The Hall–Kier alpha value is -3.42. The Bertz CT molecular complexity index is 1040. The third-order valence-electron chi connectivity index (χ3n) is 3.99. The van der Waals surface area contributed by atoms with Crippen LogP contribution in [0.1, 0.15) is 11.1 Å². The second-order valence-corrected chi connectivity index (χ2v) is 5.84. The monoisotopic (exact) mass is 374 g/mol. The molecular formula is C19H13F3N2O3. The third kappa shape index (κ3) is 4.05. The van der Waals surface area contributed by atoms with Gasteiger partial charge in [-0.2, -0.15) is 13.2 Å². The molecule has 27 heavy (non-hydrogen) atoms. The van der Waals surface area contributed by atoms with Gasteiger partial charge < -0.3 is 4.57 Å². The first-order valence-corrected chi connectivity index (χ1v) is 7.86. The molecular weight excluding hydrogens is 361 g/mol. The first-order valence-electron chi connectivity index (χ1n) is 7.86. The highest BCUT2D eigenvalue weighted by molar-refractivity contribution is 5.64. The van der Waals surface area contributed by atoms with Crippen LogP contribution in [-0.4, -0.2) is 9.49 Å². The van der Waals surface area contributed by atoms with Crippen molar-refractivity contribution >= 4 is 5.69 Å². The van der Waals surface area contributed by atoms with E-state index in [0.29, 0.717) is 11.6 Å². The van der Waals surface area contributed by atoms with Gasteiger partial charge in [-0.25, -0.2) is 0 Å². The first-order chi connectivity index (χ1) is 12.8. The van der Waals surface area contributed by atoms with Crippen molar-refractivity contribution in [2.24, 2.45) is 0 Å². The smallest absolute Gasteiger partial charge is 0.304 e. The summed E-state index contributed by atoms with van der Waals surface area (Å²) in [4.78, 5) is 22.8. The van der Waals surface area contributed by atoms with Crippen LogP contribution in [0.3, 0.4) is 0 Å². The molecule has 0 radical (unpaired) electrons. The second-order valence-electron chi connectivity index (χ2n) is 5.84. The minimum absolute atomic E-state index is 0.0375. The lowest BCUT2D eigenvalue weighted by atomic mass is 10.1. The van der Waals surface area contributed by atoms with Gasteiger partial charge in [0.05, 0.1) is 22.7 Å². The van der Waals surface area contributed by atoms with Crippen LogP contribution in [0.2, 0.25) is 0 Å². The van der Waals surface area contributed by atoms with Crippen molar-refractivity contribution in [3.05, 3.63) is 98.3 Å². The summed E-state index contributed by atoms with van der Waals surface area (Å²) in [6, 6.07) is 15.3. The maximum absolute atomic E-state index is 13.2. The van der Waals surface area contributed by atoms with Crippen LogP contribution in [0.25, 0.3) is 11.3 Å². The van der Waals surface area contributed by atoms with E-state index in [1.807, 2.05) is 0 Å². The Balaban J connectivity index is 2.22. The minimum atomic E-state index is -4.71. The van der Waals surface area contributed by atoms with Crippen molar-refractivity contribution in [3.63, 3.8) is 0 Å².